The van der Waals surface area contributed by atoms with Gasteiger partial charge in [-0.15, -0.1) is 0 Å². The second-order valence-corrected chi connectivity index (χ2v) is 5.47. The van der Waals surface area contributed by atoms with E-state index in [4.69, 9.17) is 9.47 Å². The molecule has 1 atom stereocenters. The lowest BCUT2D eigenvalue weighted by Crippen LogP contribution is -2.14. The van der Waals surface area contributed by atoms with Crippen molar-refractivity contribution < 1.29 is 14.3 Å². The Balaban J connectivity index is 2.04. The molecule has 0 radical (unpaired) electrons. The third-order valence-electron chi connectivity index (χ3n) is 3.60. The van der Waals surface area contributed by atoms with Crippen LogP contribution in [-0.4, -0.2) is 30.1 Å². The Labute approximate surface area is 118 Å². The predicted molar refractivity (Wildman–Crippen MR) is 77.3 cm³/mol. The first kappa shape index (κ1) is 13.2. The summed E-state index contributed by atoms with van der Waals surface area (Å²) >= 11 is 0. The molecule has 106 valence electrons. The van der Waals surface area contributed by atoms with Gasteiger partial charge >= 0.3 is 0 Å². The second-order valence-electron chi connectivity index (χ2n) is 5.47. The number of ether oxygens (including phenoxy) is 2. The molecule has 0 amide bonds. The quantitative estimate of drug-likeness (QED) is 0.870. The number of carbonyl (C=O) groups is 1. The summed E-state index contributed by atoms with van der Waals surface area (Å²) in [5.41, 5.74) is 1.65. The Morgan fingerprint density at radius 3 is 3.00 bits per heavy atom. The number of aromatic amines is 1. The molecule has 20 heavy (non-hydrogen) atoms. The molecule has 0 bridgehead atoms. The van der Waals surface area contributed by atoms with Crippen LogP contribution < -0.4 is 4.74 Å². The van der Waals surface area contributed by atoms with E-state index >= 15 is 0 Å². The Hall–Kier alpha value is -1.81. The molecule has 1 aliphatic rings. The zero-order chi connectivity index (χ0) is 14.1. The molecule has 2 heterocycles. The molecule has 4 heteroatoms. The van der Waals surface area contributed by atoms with E-state index < -0.39 is 0 Å². The van der Waals surface area contributed by atoms with Gasteiger partial charge in [-0.3, -0.25) is 4.79 Å². The SMILES string of the molecule is CC(C)Oc1cccc2[nH]cc(C(=O)C3CCOC3)c12. The molecule has 1 aromatic carbocycles. The van der Waals surface area contributed by atoms with Crippen LogP contribution in [0, 0.1) is 5.92 Å². The van der Waals surface area contributed by atoms with Crippen molar-refractivity contribution in [1.29, 1.82) is 0 Å². The molecule has 1 aromatic heterocycles. The molecule has 2 aromatic rings. The molecule has 3 rings (SSSR count). The van der Waals surface area contributed by atoms with Gasteiger partial charge in [0, 0.05) is 29.8 Å². The van der Waals surface area contributed by atoms with E-state index in [2.05, 4.69) is 4.98 Å². The maximum atomic E-state index is 12.6. The molecule has 1 saturated heterocycles. The van der Waals surface area contributed by atoms with Crippen LogP contribution in [0.5, 0.6) is 5.75 Å². The first-order valence-electron chi connectivity index (χ1n) is 7.05. The van der Waals surface area contributed by atoms with Gasteiger partial charge in [0.2, 0.25) is 0 Å². The van der Waals surface area contributed by atoms with Gasteiger partial charge in [0.15, 0.2) is 5.78 Å². The van der Waals surface area contributed by atoms with Crippen LogP contribution in [0.1, 0.15) is 30.6 Å². The van der Waals surface area contributed by atoms with Crippen LogP contribution in [0.2, 0.25) is 0 Å². The maximum absolute atomic E-state index is 12.6. The fourth-order valence-electron chi connectivity index (χ4n) is 2.66. The van der Waals surface area contributed by atoms with E-state index in [9.17, 15) is 4.79 Å². The zero-order valence-electron chi connectivity index (χ0n) is 11.8. The molecule has 1 unspecified atom stereocenters. The lowest BCUT2D eigenvalue weighted by molar-refractivity contribution is 0.0901. The smallest absolute Gasteiger partial charge is 0.170 e. The number of H-pyrrole nitrogens is 1. The number of ketones is 1. The average Bonchev–Trinajstić information content (AvgIpc) is 3.07. The third kappa shape index (κ3) is 2.31. The van der Waals surface area contributed by atoms with E-state index in [1.165, 1.54) is 0 Å². The summed E-state index contributed by atoms with van der Waals surface area (Å²) in [4.78, 5) is 15.8. The van der Waals surface area contributed by atoms with Crippen LogP contribution in [0.25, 0.3) is 10.9 Å². The normalized spacial score (nSPS) is 18.9. The number of aromatic nitrogens is 1. The standard InChI is InChI=1S/C16H19NO3/c1-10(2)20-14-5-3-4-13-15(14)12(8-17-13)16(18)11-6-7-19-9-11/h3-5,8,10-11,17H,6-7,9H2,1-2H3. The van der Waals surface area contributed by atoms with Crippen LogP contribution in [0.4, 0.5) is 0 Å². The Morgan fingerprint density at radius 2 is 2.30 bits per heavy atom. The van der Waals surface area contributed by atoms with Crippen LogP contribution in [0.3, 0.4) is 0 Å². The molecule has 1 aliphatic heterocycles. The summed E-state index contributed by atoms with van der Waals surface area (Å²) in [6.45, 7) is 5.17. The molecule has 0 aliphatic carbocycles. The lowest BCUT2D eigenvalue weighted by atomic mass is 9.96. The Kier molecular flexibility index (Phi) is 3.49. The van der Waals surface area contributed by atoms with Crippen LogP contribution in [-0.2, 0) is 4.74 Å². The van der Waals surface area contributed by atoms with E-state index in [1.54, 1.807) is 6.20 Å². The maximum Gasteiger partial charge on any atom is 0.170 e. The first-order chi connectivity index (χ1) is 9.66. The molecule has 1 N–H and O–H groups in total. The van der Waals surface area contributed by atoms with E-state index in [1.807, 2.05) is 32.0 Å². The Bertz CT molecular complexity index is 624. The van der Waals surface area contributed by atoms with Crippen molar-refractivity contribution in [2.24, 2.45) is 5.92 Å². The summed E-state index contributed by atoms with van der Waals surface area (Å²) in [5.74, 6) is 0.885. The zero-order valence-corrected chi connectivity index (χ0v) is 11.8. The van der Waals surface area contributed by atoms with Crippen molar-refractivity contribution >= 4 is 16.7 Å². The predicted octanol–water partition coefficient (Wildman–Crippen LogP) is 3.17. The van der Waals surface area contributed by atoms with E-state index in [-0.39, 0.29) is 17.8 Å². The summed E-state index contributed by atoms with van der Waals surface area (Å²) in [6.07, 6.45) is 2.67. The minimum absolute atomic E-state index is 0.0268. The summed E-state index contributed by atoms with van der Waals surface area (Å²) in [7, 11) is 0. The van der Waals surface area contributed by atoms with E-state index in [0.29, 0.717) is 18.8 Å². The molecular weight excluding hydrogens is 254 g/mol. The summed E-state index contributed by atoms with van der Waals surface area (Å²) in [5, 5.41) is 0.887. The van der Waals surface area contributed by atoms with Gasteiger partial charge < -0.3 is 14.5 Å². The topological polar surface area (TPSA) is 51.3 Å². The number of nitrogens with one attached hydrogen (secondary N) is 1. The number of rotatable bonds is 4. The number of hydrogen-bond acceptors (Lipinski definition) is 3. The first-order valence-corrected chi connectivity index (χ1v) is 7.05. The van der Waals surface area contributed by atoms with Crippen molar-refractivity contribution in [3.63, 3.8) is 0 Å². The van der Waals surface area contributed by atoms with Gasteiger partial charge in [-0.1, -0.05) is 6.07 Å². The largest absolute Gasteiger partial charge is 0.490 e. The van der Waals surface area contributed by atoms with E-state index in [0.717, 1.165) is 23.1 Å². The van der Waals surface area contributed by atoms with Gasteiger partial charge in [0.25, 0.3) is 0 Å². The minimum atomic E-state index is -0.0268. The average molecular weight is 273 g/mol. The van der Waals surface area contributed by atoms with Crippen molar-refractivity contribution in [3.05, 3.63) is 30.0 Å². The van der Waals surface area contributed by atoms with Crippen molar-refractivity contribution in [2.45, 2.75) is 26.4 Å². The molecular formula is C16H19NO3. The van der Waals surface area contributed by atoms with Gasteiger partial charge in [-0.05, 0) is 32.4 Å². The number of benzene rings is 1. The van der Waals surface area contributed by atoms with Crippen molar-refractivity contribution in [1.82, 2.24) is 4.98 Å². The minimum Gasteiger partial charge on any atom is -0.490 e. The number of carbonyl (C=O) groups excluding carboxylic acids is 1. The van der Waals surface area contributed by atoms with Crippen molar-refractivity contribution in [3.8, 4) is 5.75 Å². The molecule has 4 nitrogen and oxygen atoms in total. The highest BCUT2D eigenvalue weighted by Crippen LogP contribution is 2.32. The highest BCUT2D eigenvalue weighted by Gasteiger charge is 2.27. The van der Waals surface area contributed by atoms with Gasteiger partial charge in [0.05, 0.1) is 18.1 Å². The number of hydrogen-bond donors (Lipinski definition) is 1. The molecule has 1 fully saturated rings. The Morgan fingerprint density at radius 1 is 1.45 bits per heavy atom. The van der Waals surface area contributed by atoms with Crippen LogP contribution >= 0.6 is 0 Å². The fourth-order valence-corrected chi connectivity index (χ4v) is 2.66. The molecule has 0 spiro atoms. The highest BCUT2D eigenvalue weighted by atomic mass is 16.5. The van der Waals surface area contributed by atoms with Gasteiger partial charge in [0.1, 0.15) is 5.75 Å². The van der Waals surface area contributed by atoms with Crippen molar-refractivity contribution in [2.75, 3.05) is 13.2 Å². The molecule has 0 saturated carbocycles. The lowest BCUT2D eigenvalue weighted by Gasteiger charge is -2.12. The number of Topliss-reactive ketones (excluding diaryl/α,β-unsaturated/α-hetero) is 1. The fraction of sp³-hybridized carbons (Fsp3) is 0.438. The third-order valence-corrected chi connectivity index (χ3v) is 3.60. The number of fused-ring (bicyclic) bond motifs is 1. The van der Waals surface area contributed by atoms with Crippen LogP contribution in [0.15, 0.2) is 24.4 Å². The summed E-state index contributed by atoms with van der Waals surface area (Å²) in [6, 6.07) is 5.81. The second kappa shape index (κ2) is 5.29. The van der Waals surface area contributed by atoms with Gasteiger partial charge in [-0.25, -0.2) is 0 Å². The highest BCUT2D eigenvalue weighted by molar-refractivity contribution is 6.11. The summed E-state index contributed by atoms with van der Waals surface area (Å²) < 4.78 is 11.2. The van der Waals surface area contributed by atoms with Gasteiger partial charge in [-0.2, -0.15) is 0 Å². The monoisotopic (exact) mass is 273 g/mol.